The highest BCUT2D eigenvalue weighted by molar-refractivity contribution is 8.15. The molecule has 0 saturated carbocycles. The van der Waals surface area contributed by atoms with E-state index in [0.29, 0.717) is 10.7 Å². The minimum absolute atomic E-state index is 0.0178. The Balaban J connectivity index is 1.72. The number of amides is 1. The molecule has 1 saturated heterocycles. The molecule has 0 spiro atoms. The van der Waals surface area contributed by atoms with E-state index < -0.39 is 10.2 Å². The summed E-state index contributed by atoms with van der Waals surface area (Å²) in [6, 6.07) is 16.0. The molecule has 1 N–H and O–H groups in total. The molecule has 1 aliphatic rings. The van der Waals surface area contributed by atoms with Crippen molar-refractivity contribution in [3.8, 4) is 0 Å². The van der Waals surface area contributed by atoms with Crippen LogP contribution in [0.4, 0.5) is 5.69 Å². The fourth-order valence-electron chi connectivity index (χ4n) is 2.51. The first-order chi connectivity index (χ1) is 12.5. The van der Waals surface area contributed by atoms with Gasteiger partial charge in [0, 0.05) is 18.1 Å². The van der Waals surface area contributed by atoms with E-state index in [0.717, 1.165) is 11.3 Å². The summed E-state index contributed by atoms with van der Waals surface area (Å²) in [6.07, 6.45) is 0.258. The van der Waals surface area contributed by atoms with Crippen molar-refractivity contribution in [3.05, 3.63) is 75.8 Å². The SMILES string of the molecule is C/C(=N\N=C1/NC(=O)[C@H](Cc2ccccc2[N+](=O)[O-])S1)c1ccccc1. The number of nitrogens with one attached hydrogen (secondary N) is 1. The maximum atomic E-state index is 12.2. The lowest BCUT2D eigenvalue weighted by Gasteiger charge is -2.05. The number of rotatable bonds is 5. The average molecular weight is 368 g/mol. The number of hydrogen-bond acceptors (Lipinski definition) is 6. The van der Waals surface area contributed by atoms with Crippen molar-refractivity contribution in [1.29, 1.82) is 0 Å². The van der Waals surface area contributed by atoms with Crippen LogP contribution in [0, 0.1) is 10.1 Å². The van der Waals surface area contributed by atoms with Gasteiger partial charge in [-0.3, -0.25) is 14.9 Å². The molecule has 0 aromatic heterocycles. The van der Waals surface area contributed by atoms with Gasteiger partial charge in [0.2, 0.25) is 5.91 Å². The third-order valence-corrected chi connectivity index (χ3v) is 4.92. The van der Waals surface area contributed by atoms with E-state index in [2.05, 4.69) is 15.5 Å². The number of nitro benzene ring substituents is 1. The highest BCUT2D eigenvalue weighted by atomic mass is 32.2. The lowest BCUT2D eigenvalue weighted by atomic mass is 10.1. The molecule has 132 valence electrons. The Morgan fingerprint density at radius 1 is 1.19 bits per heavy atom. The molecule has 3 rings (SSSR count). The van der Waals surface area contributed by atoms with Crippen LogP contribution in [0.2, 0.25) is 0 Å². The van der Waals surface area contributed by atoms with Gasteiger partial charge in [0.05, 0.1) is 15.9 Å². The number of thioether (sulfide) groups is 1. The van der Waals surface area contributed by atoms with Gasteiger partial charge >= 0.3 is 0 Å². The summed E-state index contributed by atoms with van der Waals surface area (Å²) in [5.74, 6) is -0.223. The van der Waals surface area contributed by atoms with Gasteiger partial charge in [-0.1, -0.05) is 60.3 Å². The summed E-state index contributed by atoms with van der Waals surface area (Å²) < 4.78 is 0. The summed E-state index contributed by atoms with van der Waals surface area (Å²) >= 11 is 1.23. The molecule has 26 heavy (non-hydrogen) atoms. The maximum absolute atomic E-state index is 12.2. The van der Waals surface area contributed by atoms with E-state index in [1.54, 1.807) is 18.2 Å². The standard InChI is InChI=1S/C18H16N4O3S/c1-12(13-7-3-2-4-8-13)20-21-18-19-17(23)16(26-18)11-14-9-5-6-10-15(14)22(24)25/h2-10,16H,11H2,1H3,(H,19,21,23)/b20-12+/t16-/m0/s1. The Morgan fingerprint density at radius 2 is 1.88 bits per heavy atom. The zero-order chi connectivity index (χ0) is 18.5. The van der Waals surface area contributed by atoms with E-state index >= 15 is 0 Å². The van der Waals surface area contributed by atoms with Gasteiger partial charge < -0.3 is 5.32 Å². The second kappa shape index (κ2) is 7.92. The van der Waals surface area contributed by atoms with Gasteiger partial charge in [-0.05, 0) is 12.5 Å². The molecule has 7 nitrogen and oxygen atoms in total. The van der Waals surface area contributed by atoms with Crippen LogP contribution in [0.15, 0.2) is 64.8 Å². The number of carbonyl (C=O) groups excluding carboxylic acids is 1. The number of amidine groups is 1. The van der Waals surface area contributed by atoms with Crippen molar-refractivity contribution in [3.63, 3.8) is 0 Å². The molecular formula is C18H16N4O3S. The van der Waals surface area contributed by atoms with E-state index in [1.807, 2.05) is 37.3 Å². The van der Waals surface area contributed by atoms with E-state index in [4.69, 9.17) is 0 Å². The molecule has 1 heterocycles. The third kappa shape index (κ3) is 4.15. The van der Waals surface area contributed by atoms with Gasteiger partial charge in [0.1, 0.15) is 0 Å². The second-order valence-corrected chi connectivity index (χ2v) is 6.83. The Hall–Kier alpha value is -3.00. The predicted molar refractivity (Wildman–Crippen MR) is 102 cm³/mol. The fraction of sp³-hybridized carbons (Fsp3) is 0.167. The molecule has 1 aliphatic heterocycles. The van der Waals surface area contributed by atoms with Gasteiger partial charge in [-0.15, -0.1) is 5.10 Å². The summed E-state index contributed by atoms with van der Waals surface area (Å²) in [5, 5.41) is 22.0. The highest BCUT2D eigenvalue weighted by Crippen LogP contribution is 2.27. The molecule has 2 aromatic carbocycles. The van der Waals surface area contributed by atoms with Crippen LogP contribution in [-0.4, -0.2) is 27.0 Å². The number of carbonyl (C=O) groups is 1. The minimum Gasteiger partial charge on any atom is -0.303 e. The highest BCUT2D eigenvalue weighted by Gasteiger charge is 2.32. The first kappa shape index (κ1) is 17.8. The normalized spacial score (nSPS) is 18.8. The third-order valence-electron chi connectivity index (χ3n) is 3.85. The lowest BCUT2D eigenvalue weighted by Crippen LogP contribution is -2.26. The number of benzene rings is 2. The largest absolute Gasteiger partial charge is 0.303 e. The van der Waals surface area contributed by atoms with Gasteiger partial charge in [0.25, 0.3) is 5.69 Å². The Labute approximate surface area is 154 Å². The Bertz CT molecular complexity index is 896. The molecule has 0 bridgehead atoms. The number of nitrogens with zero attached hydrogens (tertiary/aromatic N) is 3. The molecule has 2 aromatic rings. The van der Waals surface area contributed by atoms with Crippen LogP contribution < -0.4 is 5.32 Å². The number of para-hydroxylation sites is 1. The second-order valence-electron chi connectivity index (χ2n) is 5.64. The van der Waals surface area contributed by atoms with Crippen molar-refractivity contribution < 1.29 is 9.72 Å². The summed E-state index contributed by atoms with van der Waals surface area (Å²) in [6.45, 7) is 1.84. The molecule has 0 aliphatic carbocycles. The average Bonchev–Trinajstić information content (AvgIpc) is 3.00. The van der Waals surface area contributed by atoms with Crippen molar-refractivity contribution >= 4 is 34.2 Å². The Kier molecular flexibility index (Phi) is 5.43. The van der Waals surface area contributed by atoms with Crippen LogP contribution in [0.3, 0.4) is 0 Å². The van der Waals surface area contributed by atoms with Gasteiger partial charge in [-0.2, -0.15) is 5.10 Å². The molecule has 1 fully saturated rings. The molecule has 1 atom stereocenters. The minimum atomic E-state index is -0.470. The quantitative estimate of drug-likeness (QED) is 0.498. The predicted octanol–water partition coefficient (Wildman–Crippen LogP) is 3.15. The molecule has 0 unspecified atom stereocenters. The molecule has 8 heteroatoms. The molecule has 0 radical (unpaired) electrons. The van der Waals surface area contributed by atoms with E-state index in [1.165, 1.54) is 17.8 Å². The van der Waals surface area contributed by atoms with Crippen molar-refractivity contribution in [2.75, 3.05) is 0 Å². The van der Waals surface area contributed by atoms with E-state index in [-0.39, 0.29) is 18.0 Å². The maximum Gasteiger partial charge on any atom is 0.272 e. The molecular weight excluding hydrogens is 352 g/mol. The van der Waals surface area contributed by atoms with Crippen LogP contribution in [0.1, 0.15) is 18.1 Å². The van der Waals surface area contributed by atoms with Crippen molar-refractivity contribution in [2.45, 2.75) is 18.6 Å². The number of hydrogen-bond donors (Lipinski definition) is 1. The zero-order valence-electron chi connectivity index (χ0n) is 14.0. The molecule has 1 amide bonds. The van der Waals surface area contributed by atoms with Crippen LogP contribution in [0.25, 0.3) is 0 Å². The summed E-state index contributed by atoms with van der Waals surface area (Å²) in [4.78, 5) is 22.8. The summed E-state index contributed by atoms with van der Waals surface area (Å²) in [7, 11) is 0. The number of nitro groups is 1. The fourth-order valence-corrected chi connectivity index (χ4v) is 3.45. The van der Waals surface area contributed by atoms with Crippen molar-refractivity contribution in [1.82, 2.24) is 5.32 Å². The summed E-state index contributed by atoms with van der Waals surface area (Å²) in [5.41, 5.74) is 2.22. The van der Waals surface area contributed by atoms with Crippen molar-refractivity contribution in [2.24, 2.45) is 10.2 Å². The zero-order valence-corrected chi connectivity index (χ0v) is 14.8. The lowest BCUT2D eigenvalue weighted by molar-refractivity contribution is -0.385. The Morgan fingerprint density at radius 3 is 2.62 bits per heavy atom. The van der Waals surface area contributed by atoms with Crippen LogP contribution >= 0.6 is 11.8 Å². The first-order valence-corrected chi connectivity index (χ1v) is 8.80. The van der Waals surface area contributed by atoms with Gasteiger partial charge in [0.15, 0.2) is 5.17 Å². The smallest absolute Gasteiger partial charge is 0.272 e. The van der Waals surface area contributed by atoms with Gasteiger partial charge in [-0.25, -0.2) is 0 Å². The van der Waals surface area contributed by atoms with Crippen LogP contribution in [-0.2, 0) is 11.2 Å². The topological polar surface area (TPSA) is 97.0 Å². The monoisotopic (exact) mass is 368 g/mol. The first-order valence-electron chi connectivity index (χ1n) is 7.92. The van der Waals surface area contributed by atoms with E-state index in [9.17, 15) is 14.9 Å². The van der Waals surface area contributed by atoms with Crippen LogP contribution in [0.5, 0.6) is 0 Å².